The molecular formula is C15H13NO5. The third kappa shape index (κ3) is 3.36. The number of methoxy groups -OCH3 is 1. The second-order valence-corrected chi connectivity index (χ2v) is 4.34. The van der Waals surface area contributed by atoms with Crippen LogP contribution >= 0.6 is 0 Å². The lowest BCUT2D eigenvalue weighted by molar-refractivity contribution is 0.0602. The van der Waals surface area contributed by atoms with Gasteiger partial charge in [-0.05, 0) is 25.1 Å². The molecule has 0 fully saturated rings. The largest absolute Gasteiger partial charge is 0.465 e. The van der Waals surface area contributed by atoms with Gasteiger partial charge in [-0.1, -0.05) is 11.6 Å². The van der Waals surface area contributed by atoms with E-state index in [1.165, 1.54) is 13.2 Å². The van der Waals surface area contributed by atoms with Crippen LogP contribution in [0.25, 0.3) is 0 Å². The zero-order valence-corrected chi connectivity index (χ0v) is 11.5. The maximum atomic E-state index is 12.0. The van der Waals surface area contributed by atoms with Crippen LogP contribution in [0.15, 0.2) is 45.8 Å². The zero-order valence-electron chi connectivity index (χ0n) is 11.5. The van der Waals surface area contributed by atoms with Gasteiger partial charge in [-0.15, -0.1) is 0 Å². The lowest BCUT2D eigenvalue weighted by Crippen LogP contribution is -2.16. The van der Waals surface area contributed by atoms with E-state index in [1.54, 1.807) is 18.2 Å². The molecule has 0 aliphatic heterocycles. The van der Waals surface area contributed by atoms with E-state index in [2.05, 4.69) is 14.5 Å². The van der Waals surface area contributed by atoms with Crippen molar-refractivity contribution in [3.05, 3.63) is 63.7 Å². The van der Waals surface area contributed by atoms with E-state index < -0.39 is 17.5 Å². The number of hydrogen-bond donors (Lipinski definition) is 1. The number of anilines is 1. The Bertz CT molecular complexity index is 727. The number of benzene rings is 1. The molecule has 0 radical (unpaired) electrons. The molecular weight excluding hydrogens is 274 g/mol. The van der Waals surface area contributed by atoms with Crippen molar-refractivity contribution in [2.24, 2.45) is 0 Å². The third-order valence-electron chi connectivity index (χ3n) is 2.79. The van der Waals surface area contributed by atoms with Crippen LogP contribution in [0.2, 0.25) is 0 Å². The van der Waals surface area contributed by atoms with Gasteiger partial charge in [-0.25, -0.2) is 9.59 Å². The van der Waals surface area contributed by atoms with Crippen LogP contribution in [0.1, 0.15) is 26.3 Å². The molecule has 0 saturated carbocycles. The highest BCUT2D eigenvalue weighted by molar-refractivity contribution is 6.07. The molecule has 1 heterocycles. The molecule has 0 aliphatic carbocycles. The normalized spacial score (nSPS) is 10.0. The minimum atomic E-state index is -0.548. The van der Waals surface area contributed by atoms with Crippen LogP contribution in [-0.4, -0.2) is 19.0 Å². The lowest BCUT2D eigenvalue weighted by atomic mass is 10.1. The van der Waals surface area contributed by atoms with E-state index in [0.717, 1.165) is 17.9 Å². The number of aryl methyl sites for hydroxylation is 1. The molecule has 1 amide bonds. The Hall–Kier alpha value is -2.89. The van der Waals surface area contributed by atoms with Crippen molar-refractivity contribution < 1.29 is 18.7 Å². The van der Waals surface area contributed by atoms with Crippen molar-refractivity contribution >= 4 is 17.6 Å². The summed E-state index contributed by atoms with van der Waals surface area (Å²) in [5.41, 5.74) is 1.06. The summed E-state index contributed by atoms with van der Waals surface area (Å²) >= 11 is 0. The van der Waals surface area contributed by atoms with E-state index in [9.17, 15) is 14.4 Å². The average Bonchev–Trinajstić information content (AvgIpc) is 2.48. The van der Waals surface area contributed by atoms with Crippen molar-refractivity contribution in [1.82, 2.24) is 0 Å². The number of carbonyl (C=O) groups excluding carboxylic acids is 2. The van der Waals surface area contributed by atoms with Crippen molar-refractivity contribution in [2.75, 3.05) is 12.4 Å². The number of amides is 1. The fraction of sp³-hybridized carbons (Fsp3) is 0.133. The van der Waals surface area contributed by atoms with Crippen molar-refractivity contribution in [2.45, 2.75) is 6.92 Å². The van der Waals surface area contributed by atoms with Gasteiger partial charge in [0, 0.05) is 6.07 Å². The number of nitrogens with one attached hydrogen (secondary N) is 1. The van der Waals surface area contributed by atoms with Gasteiger partial charge in [-0.3, -0.25) is 4.79 Å². The Morgan fingerprint density at radius 1 is 1.19 bits per heavy atom. The van der Waals surface area contributed by atoms with Crippen LogP contribution in [0, 0.1) is 6.92 Å². The summed E-state index contributed by atoms with van der Waals surface area (Å²) in [6, 6.07) is 7.47. The van der Waals surface area contributed by atoms with Gasteiger partial charge in [0.1, 0.15) is 6.26 Å². The monoisotopic (exact) mass is 287 g/mol. The summed E-state index contributed by atoms with van der Waals surface area (Å²) in [7, 11) is 1.27. The maximum Gasteiger partial charge on any atom is 0.339 e. The maximum absolute atomic E-state index is 12.0. The average molecular weight is 287 g/mol. The van der Waals surface area contributed by atoms with Crippen LogP contribution in [0.5, 0.6) is 0 Å². The molecule has 0 aliphatic rings. The predicted molar refractivity (Wildman–Crippen MR) is 75.4 cm³/mol. The number of hydrogen-bond acceptors (Lipinski definition) is 5. The summed E-state index contributed by atoms with van der Waals surface area (Å²) in [6.07, 6.45) is 1.06. The molecule has 6 nitrogen and oxygen atoms in total. The van der Waals surface area contributed by atoms with Crippen LogP contribution in [-0.2, 0) is 4.74 Å². The summed E-state index contributed by atoms with van der Waals surface area (Å²) < 4.78 is 9.31. The Morgan fingerprint density at radius 3 is 2.57 bits per heavy atom. The standard InChI is InChI=1S/C15H13NO5/c1-9-3-5-12(11(7-9)15(19)20-2)16-14(18)10-4-6-13(17)21-8-10/h3-8H,1-2H3,(H,16,18). The zero-order chi connectivity index (χ0) is 15.4. The Balaban J connectivity index is 2.30. The highest BCUT2D eigenvalue weighted by atomic mass is 16.5. The molecule has 2 aromatic rings. The highest BCUT2D eigenvalue weighted by Gasteiger charge is 2.15. The summed E-state index contributed by atoms with van der Waals surface area (Å²) in [5.74, 6) is -1.04. The van der Waals surface area contributed by atoms with E-state index in [-0.39, 0.29) is 11.1 Å². The quantitative estimate of drug-likeness (QED) is 0.872. The molecule has 1 N–H and O–H groups in total. The van der Waals surface area contributed by atoms with E-state index in [1.807, 2.05) is 6.92 Å². The topological polar surface area (TPSA) is 85.6 Å². The lowest BCUT2D eigenvalue weighted by Gasteiger charge is -2.10. The first-order chi connectivity index (χ1) is 10.0. The van der Waals surface area contributed by atoms with Crippen molar-refractivity contribution in [1.29, 1.82) is 0 Å². The SMILES string of the molecule is COC(=O)c1cc(C)ccc1NC(=O)c1ccc(=O)oc1. The Labute approximate surface area is 120 Å². The highest BCUT2D eigenvalue weighted by Crippen LogP contribution is 2.19. The molecule has 1 aromatic carbocycles. The third-order valence-corrected chi connectivity index (χ3v) is 2.79. The molecule has 6 heteroatoms. The van der Waals surface area contributed by atoms with Crippen LogP contribution < -0.4 is 10.9 Å². The molecule has 0 spiro atoms. The number of ether oxygens (including phenoxy) is 1. The van der Waals surface area contributed by atoms with Gasteiger partial charge in [0.05, 0.1) is 23.9 Å². The molecule has 0 bridgehead atoms. The molecule has 2 rings (SSSR count). The smallest absolute Gasteiger partial charge is 0.339 e. The first kappa shape index (κ1) is 14.5. The summed E-state index contributed by atoms with van der Waals surface area (Å²) in [5, 5.41) is 2.59. The van der Waals surface area contributed by atoms with Gasteiger partial charge in [0.25, 0.3) is 5.91 Å². The first-order valence-electron chi connectivity index (χ1n) is 6.10. The summed E-state index contributed by atoms with van der Waals surface area (Å²) in [4.78, 5) is 34.6. The van der Waals surface area contributed by atoms with E-state index >= 15 is 0 Å². The molecule has 0 atom stereocenters. The van der Waals surface area contributed by atoms with Gasteiger partial charge >= 0.3 is 11.6 Å². The van der Waals surface area contributed by atoms with Gasteiger partial charge in [0.15, 0.2) is 0 Å². The number of carbonyl (C=O) groups is 2. The van der Waals surface area contributed by atoms with Crippen LogP contribution in [0.4, 0.5) is 5.69 Å². The van der Waals surface area contributed by atoms with Crippen molar-refractivity contribution in [3.63, 3.8) is 0 Å². The van der Waals surface area contributed by atoms with Crippen LogP contribution in [0.3, 0.4) is 0 Å². The second kappa shape index (κ2) is 6.04. The first-order valence-corrected chi connectivity index (χ1v) is 6.10. The molecule has 21 heavy (non-hydrogen) atoms. The fourth-order valence-electron chi connectivity index (χ4n) is 1.73. The van der Waals surface area contributed by atoms with Gasteiger partial charge in [0.2, 0.25) is 0 Å². The number of rotatable bonds is 3. The van der Waals surface area contributed by atoms with Crippen molar-refractivity contribution in [3.8, 4) is 0 Å². The molecule has 0 saturated heterocycles. The predicted octanol–water partition coefficient (Wildman–Crippen LogP) is 1.99. The van der Waals surface area contributed by atoms with Gasteiger partial charge in [-0.2, -0.15) is 0 Å². The van der Waals surface area contributed by atoms with E-state index in [4.69, 9.17) is 0 Å². The summed E-state index contributed by atoms with van der Waals surface area (Å²) in [6.45, 7) is 1.82. The second-order valence-electron chi connectivity index (χ2n) is 4.34. The molecule has 0 unspecified atom stereocenters. The Morgan fingerprint density at radius 2 is 1.95 bits per heavy atom. The molecule has 108 valence electrons. The fourth-order valence-corrected chi connectivity index (χ4v) is 1.73. The van der Waals surface area contributed by atoms with E-state index in [0.29, 0.717) is 5.69 Å². The molecule has 1 aromatic heterocycles. The minimum Gasteiger partial charge on any atom is -0.465 e. The Kier molecular flexibility index (Phi) is 4.18. The van der Waals surface area contributed by atoms with Gasteiger partial charge < -0.3 is 14.5 Å². The number of esters is 1. The minimum absolute atomic E-state index is 0.172.